The molecule has 0 bridgehead atoms. The number of H-pyrrole nitrogens is 1. The minimum Gasteiger partial charge on any atom is -0.342 e. The average molecular weight is 429 g/mol. The van der Waals surface area contributed by atoms with Crippen LogP contribution in [0.15, 0.2) is 4.79 Å². The number of aromatic nitrogens is 4. The summed E-state index contributed by atoms with van der Waals surface area (Å²) in [5.74, 6) is 2.08. The summed E-state index contributed by atoms with van der Waals surface area (Å²) in [5.41, 5.74) is 1.98. The normalized spacial score (nSPS) is 19.9. The van der Waals surface area contributed by atoms with Crippen LogP contribution in [0.1, 0.15) is 71.4 Å². The standard InChI is InChI=1S/C24H40N6O/c1-24(2,3)21-19-20(29(5)27-21)22(31)26-23(25-19)30(15-17-9-7-6-8-10-17)16-18-11-13-28(4)14-12-18/h17-18H,6-16H2,1-5H3,(H,25,26,31). The quantitative estimate of drug-likeness (QED) is 0.787. The highest BCUT2D eigenvalue weighted by Crippen LogP contribution is 2.30. The highest BCUT2D eigenvalue weighted by Gasteiger charge is 2.28. The summed E-state index contributed by atoms with van der Waals surface area (Å²) in [6, 6.07) is 0. The van der Waals surface area contributed by atoms with Gasteiger partial charge in [-0.3, -0.25) is 14.5 Å². The van der Waals surface area contributed by atoms with E-state index in [1.165, 1.54) is 44.9 Å². The number of nitrogens with one attached hydrogen (secondary N) is 1. The van der Waals surface area contributed by atoms with Crippen molar-refractivity contribution in [1.29, 1.82) is 0 Å². The van der Waals surface area contributed by atoms with Gasteiger partial charge >= 0.3 is 0 Å². The Morgan fingerprint density at radius 3 is 2.23 bits per heavy atom. The second-order valence-electron chi connectivity index (χ2n) is 11.0. The van der Waals surface area contributed by atoms with Crippen LogP contribution in [0.5, 0.6) is 0 Å². The fourth-order valence-electron chi connectivity index (χ4n) is 5.31. The number of anilines is 1. The van der Waals surface area contributed by atoms with E-state index >= 15 is 0 Å². The van der Waals surface area contributed by atoms with E-state index in [0.29, 0.717) is 17.4 Å². The summed E-state index contributed by atoms with van der Waals surface area (Å²) in [5, 5.41) is 4.67. The van der Waals surface area contributed by atoms with E-state index in [0.717, 1.165) is 43.3 Å². The molecule has 0 spiro atoms. The highest BCUT2D eigenvalue weighted by molar-refractivity contribution is 5.78. The van der Waals surface area contributed by atoms with Gasteiger partial charge in [-0.15, -0.1) is 0 Å². The molecule has 1 saturated heterocycles. The number of nitrogens with zero attached hydrogens (tertiary/aromatic N) is 5. The van der Waals surface area contributed by atoms with Gasteiger partial charge in [0.25, 0.3) is 5.56 Å². The summed E-state index contributed by atoms with van der Waals surface area (Å²) >= 11 is 0. The van der Waals surface area contributed by atoms with Crippen LogP contribution in [-0.2, 0) is 12.5 Å². The largest absolute Gasteiger partial charge is 0.342 e. The Balaban J connectivity index is 1.69. The van der Waals surface area contributed by atoms with Gasteiger partial charge in [0.15, 0.2) is 5.52 Å². The molecule has 2 aliphatic rings. The molecule has 4 rings (SSSR count). The smallest absolute Gasteiger partial charge is 0.278 e. The van der Waals surface area contributed by atoms with E-state index in [4.69, 9.17) is 4.98 Å². The van der Waals surface area contributed by atoms with Gasteiger partial charge in [-0.25, -0.2) is 4.98 Å². The zero-order valence-electron chi connectivity index (χ0n) is 20.1. The first kappa shape index (κ1) is 22.3. The van der Waals surface area contributed by atoms with Crippen molar-refractivity contribution in [2.24, 2.45) is 18.9 Å². The molecule has 3 heterocycles. The minimum absolute atomic E-state index is 0.0810. The van der Waals surface area contributed by atoms with Crippen LogP contribution >= 0.6 is 0 Å². The number of piperidine rings is 1. The molecule has 0 radical (unpaired) electrons. The number of aryl methyl sites for hydroxylation is 1. The van der Waals surface area contributed by atoms with Crippen molar-refractivity contribution >= 4 is 17.0 Å². The van der Waals surface area contributed by atoms with Gasteiger partial charge in [-0.2, -0.15) is 5.10 Å². The molecule has 0 atom stereocenters. The lowest BCUT2D eigenvalue weighted by molar-refractivity contribution is 0.219. The number of rotatable bonds is 5. The summed E-state index contributed by atoms with van der Waals surface area (Å²) in [7, 11) is 4.05. The summed E-state index contributed by atoms with van der Waals surface area (Å²) in [6.45, 7) is 10.7. The lowest BCUT2D eigenvalue weighted by Gasteiger charge is -2.35. The number of hydrogen-bond acceptors (Lipinski definition) is 5. The van der Waals surface area contributed by atoms with E-state index in [9.17, 15) is 4.79 Å². The number of aromatic amines is 1. The van der Waals surface area contributed by atoms with Crippen LogP contribution in [0.25, 0.3) is 11.0 Å². The molecular formula is C24H40N6O. The Kier molecular flexibility index (Phi) is 6.42. The molecule has 0 unspecified atom stereocenters. The zero-order valence-corrected chi connectivity index (χ0v) is 20.1. The van der Waals surface area contributed by atoms with Gasteiger partial charge in [0, 0.05) is 25.6 Å². The Morgan fingerprint density at radius 1 is 1.00 bits per heavy atom. The third-order valence-electron chi connectivity index (χ3n) is 7.21. The summed E-state index contributed by atoms with van der Waals surface area (Å²) in [6.07, 6.45) is 9.01. The Hall–Kier alpha value is -1.89. The van der Waals surface area contributed by atoms with E-state index in [2.05, 4.69) is 47.7 Å². The molecule has 7 nitrogen and oxygen atoms in total. The third kappa shape index (κ3) is 4.97. The second kappa shape index (κ2) is 8.93. The third-order valence-corrected chi connectivity index (χ3v) is 7.21. The maximum atomic E-state index is 13.1. The molecule has 172 valence electrons. The van der Waals surface area contributed by atoms with Crippen molar-refractivity contribution in [1.82, 2.24) is 24.6 Å². The first-order chi connectivity index (χ1) is 14.7. The van der Waals surface area contributed by atoms with Gasteiger partial charge < -0.3 is 9.80 Å². The lowest BCUT2D eigenvalue weighted by atomic mass is 9.88. The molecule has 2 fully saturated rings. The van der Waals surface area contributed by atoms with Gasteiger partial charge in [-0.05, 0) is 57.7 Å². The minimum atomic E-state index is -0.167. The molecule has 0 amide bonds. The first-order valence-corrected chi connectivity index (χ1v) is 12.1. The van der Waals surface area contributed by atoms with Crippen LogP contribution < -0.4 is 10.5 Å². The summed E-state index contributed by atoms with van der Waals surface area (Å²) < 4.78 is 1.69. The second-order valence-corrected chi connectivity index (χ2v) is 11.0. The van der Waals surface area contributed by atoms with Gasteiger partial charge in [-0.1, -0.05) is 40.0 Å². The predicted molar refractivity (Wildman–Crippen MR) is 127 cm³/mol. The SMILES string of the molecule is CN1CCC(CN(CC2CCCCC2)c2nc3c(C(C)(C)C)nn(C)c3c(=O)[nH]2)CC1. The average Bonchev–Trinajstić information content (AvgIpc) is 3.07. The summed E-state index contributed by atoms with van der Waals surface area (Å²) in [4.78, 5) is 26.1. The number of likely N-dealkylation sites (tertiary alicyclic amines) is 1. The Bertz CT molecular complexity index is 941. The van der Waals surface area contributed by atoms with Crippen molar-refractivity contribution < 1.29 is 0 Å². The fraction of sp³-hybridized carbons (Fsp3) is 0.792. The molecule has 31 heavy (non-hydrogen) atoms. The van der Waals surface area contributed by atoms with Crippen molar-refractivity contribution in [3.63, 3.8) is 0 Å². The molecule has 1 aliphatic heterocycles. The van der Waals surface area contributed by atoms with Crippen molar-refractivity contribution in [3.05, 3.63) is 16.0 Å². The molecule has 2 aromatic rings. The van der Waals surface area contributed by atoms with Crippen molar-refractivity contribution in [2.45, 2.75) is 71.1 Å². The van der Waals surface area contributed by atoms with Crippen molar-refractivity contribution in [3.8, 4) is 0 Å². The molecule has 7 heteroatoms. The number of fused-ring (bicyclic) bond motifs is 1. The van der Waals surface area contributed by atoms with E-state index < -0.39 is 0 Å². The van der Waals surface area contributed by atoms with Crippen LogP contribution in [0, 0.1) is 11.8 Å². The van der Waals surface area contributed by atoms with E-state index in [1.54, 1.807) is 4.68 Å². The maximum absolute atomic E-state index is 13.1. The molecule has 2 aromatic heterocycles. The lowest BCUT2D eigenvalue weighted by Crippen LogP contribution is -2.40. The zero-order chi connectivity index (χ0) is 22.2. The van der Waals surface area contributed by atoms with Crippen LogP contribution in [0.2, 0.25) is 0 Å². The predicted octanol–water partition coefficient (Wildman–Crippen LogP) is 3.68. The monoisotopic (exact) mass is 428 g/mol. The van der Waals surface area contributed by atoms with E-state index in [-0.39, 0.29) is 11.0 Å². The molecule has 1 aliphatic carbocycles. The Labute approximate surface area is 186 Å². The fourth-order valence-corrected chi connectivity index (χ4v) is 5.31. The maximum Gasteiger partial charge on any atom is 0.278 e. The van der Waals surface area contributed by atoms with Gasteiger partial charge in [0.05, 0.1) is 5.69 Å². The molecule has 0 aromatic carbocycles. The van der Waals surface area contributed by atoms with Crippen molar-refractivity contribution in [2.75, 3.05) is 38.1 Å². The number of hydrogen-bond donors (Lipinski definition) is 1. The van der Waals surface area contributed by atoms with Crippen LogP contribution in [0.3, 0.4) is 0 Å². The van der Waals surface area contributed by atoms with Gasteiger partial charge in [0.2, 0.25) is 5.95 Å². The van der Waals surface area contributed by atoms with E-state index in [1.807, 2.05) is 7.05 Å². The highest BCUT2D eigenvalue weighted by atomic mass is 16.1. The first-order valence-electron chi connectivity index (χ1n) is 12.1. The van der Waals surface area contributed by atoms with Crippen LogP contribution in [-0.4, -0.2) is 57.9 Å². The van der Waals surface area contributed by atoms with Gasteiger partial charge in [0.1, 0.15) is 5.52 Å². The molecule has 1 saturated carbocycles. The molecular weight excluding hydrogens is 388 g/mol. The Morgan fingerprint density at radius 2 is 1.61 bits per heavy atom. The van der Waals surface area contributed by atoms with Crippen LogP contribution in [0.4, 0.5) is 5.95 Å². The molecule has 1 N–H and O–H groups in total. The topological polar surface area (TPSA) is 70.1 Å².